The van der Waals surface area contributed by atoms with Gasteiger partial charge in [0.2, 0.25) is 11.8 Å². The van der Waals surface area contributed by atoms with Crippen LogP contribution in [-0.4, -0.2) is 53.5 Å². The Kier molecular flexibility index (Phi) is 8.48. The number of halogens is 2. The highest BCUT2D eigenvalue weighted by Gasteiger charge is 2.36. The number of nitrogens with zero attached hydrogens (tertiary/aromatic N) is 2. The van der Waals surface area contributed by atoms with Gasteiger partial charge in [-0.15, -0.1) is 12.4 Å². The van der Waals surface area contributed by atoms with Gasteiger partial charge >= 0.3 is 0 Å². The SMILES string of the molecule is Cc1cc(Cl)cc(CNC(=O)[C@H](C)N2CCN(c3cccc4ccccc34)CC2C(N)=O)c1O.Cl. The molecule has 1 unspecified atom stereocenters. The number of phenolic OH excluding ortho intramolecular Hbond substituents is 1. The predicted octanol–water partition coefficient (Wildman–Crippen LogP) is 3.61. The van der Waals surface area contributed by atoms with Crippen LogP contribution in [0.5, 0.6) is 5.75 Å². The zero-order valence-corrected chi connectivity index (χ0v) is 21.3. The highest BCUT2D eigenvalue weighted by atomic mass is 35.5. The maximum Gasteiger partial charge on any atom is 0.237 e. The monoisotopic (exact) mass is 516 g/mol. The van der Waals surface area contributed by atoms with Crippen LogP contribution in [0, 0.1) is 6.92 Å². The molecule has 2 amide bonds. The van der Waals surface area contributed by atoms with Gasteiger partial charge in [0, 0.05) is 47.8 Å². The molecule has 1 aliphatic rings. The summed E-state index contributed by atoms with van der Waals surface area (Å²) in [6.07, 6.45) is 0. The number of phenols is 1. The fraction of sp³-hybridized carbons (Fsp3) is 0.308. The third kappa shape index (κ3) is 5.64. The molecule has 1 saturated heterocycles. The first-order valence-corrected chi connectivity index (χ1v) is 11.7. The molecule has 3 aromatic rings. The molecule has 0 bridgehead atoms. The van der Waals surface area contributed by atoms with Gasteiger partial charge < -0.3 is 21.1 Å². The zero-order chi connectivity index (χ0) is 24.4. The van der Waals surface area contributed by atoms with E-state index in [0.717, 1.165) is 16.5 Å². The second-order valence-corrected chi connectivity index (χ2v) is 9.16. The van der Waals surface area contributed by atoms with Gasteiger partial charge in [-0.05, 0) is 43.0 Å². The molecule has 3 aromatic carbocycles. The molecular weight excluding hydrogens is 487 g/mol. The number of rotatable bonds is 6. The lowest BCUT2D eigenvalue weighted by molar-refractivity contribution is -0.131. The molecule has 1 heterocycles. The molecule has 4 N–H and O–H groups in total. The number of piperazine rings is 1. The normalized spacial score (nSPS) is 17.0. The van der Waals surface area contributed by atoms with Crippen molar-refractivity contribution in [2.45, 2.75) is 32.5 Å². The highest BCUT2D eigenvalue weighted by molar-refractivity contribution is 6.30. The first-order valence-electron chi connectivity index (χ1n) is 11.3. The lowest BCUT2D eigenvalue weighted by atomic mass is 10.0. The average molecular weight is 517 g/mol. The van der Waals surface area contributed by atoms with Gasteiger partial charge in [-0.25, -0.2) is 0 Å². The van der Waals surface area contributed by atoms with Crippen molar-refractivity contribution in [1.82, 2.24) is 10.2 Å². The minimum atomic E-state index is -0.615. The number of hydrogen-bond donors (Lipinski definition) is 3. The van der Waals surface area contributed by atoms with Crippen LogP contribution in [0.2, 0.25) is 5.02 Å². The van der Waals surface area contributed by atoms with E-state index in [4.69, 9.17) is 17.3 Å². The Balaban J connectivity index is 0.00000342. The van der Waals surface area contributed by atoms with Gasteiger partial charge in [-0.2, -0.15) is 0 Å². The number of nitrogens with two attached hydrogens (primary N) is 1. The van der Waals surface area contributed by atoms with E-state index >= 15 is 0 Å². The first-order chi connectivity index (χ1) is 16.3. The van der Waals surface area contributed by atoms with Crippen LogP contribution in [0.4, 0.5) is 5.69 Å². The molecule has 1 fully saturated rings. The summed E-state index contributed by atoms with van der Waals surface area (Å²) in [5.74, 6) is -0.606. The maximum atomic E-state index is 13.0. The molecule has 35 heavy (non-hydrogen) atoms. The number of amides is 2. The number of aromatic hydroxyl groups is 1. The smallest absolute Gasteiger partial charge is 0.237 e. The number of carbonyl (C=O) groups is 2. The Morgan fingerprint density at radius 1 is 1.17 bits per heavy atom. The van der Waals surface area contributed by atoms with Gasteiger partial charge in [0.1, 0.15) is 11.8 Å². The molecule has 186 valence electrons. The molecular formula is C26H30Cl2N4O3. The van der Waals surface area contributed by atoms with E-state index in [9.17, 15) is 14.7 Å². The number of hydrogen-bond acceptors (Lipinski definition) is 5. The van der Waals surface area contributed by atoms with Gasteiger partial charge in [-0.1, -0.05) is 48.0 Å². The second-order valence-electron chi connectivity index (χ2n) is 8.72. The van der Waals surface area contributed by atoms with E-state index in [-0.39, 0.29) is 30.6 Å². The molecule has 9 heteroatoms. The van der Waals surface area contributed by atoms with Gasteiger partial charge in [0.25, 0.3) is 0 Å². The minimum Gasteiger partial charge on any atom is -0.507 e. The predicted molar refractivity (Wildman–Crippen MR) is 142 cm³/mol. The molecule has 4 rings (SSSR count). The lowest BCUT2D eigenvalue weighted by Crippen LogP contribution is -2.63. The summed E-state index contributed by atoms with van der Waals surface area (Å²) in [6.45, 7) is 5.21. The fourth-order valence-corrected chi connectivity index (χ4v) is 4.93. The van der Waals surface area contributed by atoms with Crippen molar-refractivity contribution in [3.8, 4) is 5.75 Å². The van der Waals surface area contributed by atoms with Gasteiger partial charge in [0.05, 0.1) is 6.04 Å². The Bertz CT molecular complexity index is 1230. The quantitative estimate of drug-likeness (QED) is 0.464. The van der Waals surface area contributed by atoms with Crippen molar-refractivity contribution in [3.05, 3.63) is 70.7 Å². The number of benzene rings is 3. The van der Waals surface area contributed by atoms with Crippen molar-refractivity contribution >= 4 is 52.3 Å². The number of primary amides is 1. The fourth-order valence-electron chi connectivity index (χ4n) is 4.64. The zero-order valence-electron chi connectivity index (χ0n) is 19.7. The van der Waals surface area contributed by atoms with Crippen molar-refractivity contribution in [3.63, 3.8) is 0 Å². The van der Waals surface area contributed by atoms with Crippen molar-refractivity contribution < 1.29 is 14.7 Å². The number of aryl methyl sites for hydroxylation is 1. The number of carbonyl (C=O) groups excluding carboxylic acids is 2. The summed E-state index contributed by atoms with van der Waals surface area (Å²) in [5, 5.41) is 15.9. The van der Waals surface area contributed by atoms with E-state index in [1.807, 2.05) is 29.2 Å². The summed E-state index contributed by atoms with van der Waals surface area (Å²) in [7, 11) is 0. The van der Waals surface area contributed by atoms with Crippen LogP contribution >= 0.6 is 24.0 Å². The van der Waals surface area contributed by atoms with Crippen molar-refractivity contribution in [1.29, 1.82) is 0 Å². The topological polar surface area (TPSA) is 98.9 Å². The third-order valence-corrected chi connectivity index (χ3v) is 6.75. The van der Waals surface area contributed by atoms with Gasteiger partial charge in [0.15, 0.2) is 0 Å². The van der Waals surface area contributed by atoms with Crippen LogP contribution in [0.3, 0.4) is 0 Å². The minimum absolute atomic E-state index is 0. The Labute approximate surface area is 216 Å². The molecule has 7 nitrogen and oxygen atoms in total. The van der Waals surface area contributed by atoms with Crippen LogP contribution in [0.1, 0.15) is 18.1 Å². The first kappa shape index (κ1) is 26.6. The third-order valence-electron chi connectivity index (χ3n) is 6.53. The molecule has 0 spiro atoms. The molecule has 0 aliphatic carbocycles. The lowest BCUT2D eigenvalue weighted by Gasteiger charge is -2.43. The maximum absolute atomic E-state index is 13.0. The summed E-state index contributed by atoms with van der Waals surface area (Å²) in [6, 6.07) is 16.3. The van der Waals surface area contributed by atoms with Crippen LogP contribution in [0.25, 0.3) is 10.8 Å². The molecule has 0 aromatic heterocycles. The molecule has 2 atom stereocenters. The van der Waals surface area contributed by atoms with Crippen LogP contribution < -0.4 is 16.0 Å². The standard InChI is InChI=1S/C26H29ClN4O3.ClH/c1-16-12-20(27)13-19(24(16)32)14-29-26(34)17(2)31-11-10-30(15-23(31)25(28)33)22-9-5-7-18-6-3-4-8-21(18)22;/h3-9,12-13,17,23,32H,10-11,14-15H2,1-2H3,(H2,28,33)(H,29,34);1H/t17-,23?;/m0./s1. The summed E-state index contributed by atoms with van der Waals surface area (Å²) < 4.78 is 0. The summed E-state index contributed by atoms with van der Waals surface area (Å²) in [5.41, 5.74) is 8.01. The van der Waals surface area contributed by atoms with E-state index in [2.05, 4.69) is 28.4 Å². The number of fused-ring (bicyclic) bond motifs is 1. The van der Waals surface area contributed by atoms with E-state index < -0.39 is 18.0 Å². The Morgan fingerprint density at radius 3 is 2.63 bits per heavy atom. The van der Waals surface area contributed by atoms with Crippen LogP contribution in [0.15, 0.2) is 54.6 Å². The summed E-state index contributed by atoms with van der Waals surface area (Å²) in [4.78, 5) is 29.4. The highest BCUT2D eigenvalue weighted by Crippen LogP contribution is 2.29. The number of nitrogens with one attached hydrogen (secondary N) is 1. The molecule has 0 radical (unpaired) electrons. The second kappa shape index (κ2) is 11.2. The average Bonchev–Trinajstić information content (AvgIpc) is 2.83. The van der Waals surface area contributed by atoms with Crippen molar-refractivity contribution in [2.75, 3.05) is 24.5 Å². The number of anilines is 1. The van der Waals surface area contributed by atoms with E-state index in [0.29, 0.717) is 35.8 Å². The van der Waals surface area contributed by atoms with Gasteiger partial charge in [-0.3, -0.25) is 14.5 Å². The Hall–Kier alpha value is -3.00. The molecule has 0 saturated carbocycles. The van der Waals surface area contributed by atoms with E-state index in [1.54, 1.807) is 26.0 Å². The largest absolute Gasteiger partial charge is 0.507 e. The Morgan fingerprint density at radius 2 is 1.89 bits per heavy atom. The molecule has 1 aliphatic heterocycles. The van der Waals surface area contributed by atoms with Crippen molar-refractivity contribution in [2.24, 2.45) is 5.73 Å². The van der Waals surface area contributed by atoms with E-state index in [1.165, 1.54) is 0 Å². The summed E-state index contributed by atoms with van der Waals surface area (Å²) >= 11 is 6.09. The van der Waals surface area contributed by atoms with Crippen LogP contribution in [-0.2, 0) is 16.1 Å².